The Hall–Kier alpha value is -0.820. The summed E-state index contributed by atoms with van der Waals surface area (Å²) < 4.78 is 0. The topological polar surface area (TPSA) is 17.1 Å². The highest BCUT2D eigenvalue weighted by Crippen LogP contribution is 1.92. The van der Waals surface area contributed by atoms with Crippen molar-refractivity contribution in [2.24, 2.45) is 0 Å². The zero-order valence-electron chi connectivity index (χ0n) is 5.75. The molecule has 0 unspecified atom stereocenters. The van der Waals surface area contributed by atoms with Crippen LogP contribution in [0.15, 0.2) is 30.3 Å². The summed E-state index contributed by atoms with van der Waals surface area (Å²) in [6.45, 7) is 2.08. The van der Waals surface area contributed by atoms with Gasteiger partial charge in [0.2, 0.25) is 5.75 Å². The maximum Gasteiger partial charge on any atom is 0.208 e. The Morgan fingerprint density at radius 1 is 1.30 bits per heavy atom. The number of rotatable bonds is 0. The first-order valence-electron chi connectivity index (χ1n) is 2.86. The van der Waals surface area contributed by atoms with Crippen LogP contribution in [-0.4, -0.2) is 5.75 Å². The van der Waals surface area contributed by atoms with Gasteiger partial charge in [0.25, 0.3) is 0 Å². The minimum atomic E-state index is 0.222. The van der Waals surface area contributed by atoms with Gasteiger partial charge in [0.1, 0.15) is 0 Å². The zero-order chi connectivity index (χ0) is 7.82. The summed E-state index contributed by atoms with van der Waals surface area (Å²) in [5, 5.41) is 0. The molecule has 0 atom stereocenters. The van der Waals surface area contributed by atoms with Gasteiger partial charge in [-0.2, -0.15) is 0 Å². The maximum atomic E-state index is 8.57. The molecule has 0 heterocycles. The fraction of sp³-hybridized carbons (Fsp3) is 0.125. The first-order chi connectivity index (χ1) is 4.81. The summed E-state index contributed by atoms with van der Waals surface area (Å²) in [6, 6.07) is 10.3. The first-order valence-corrected chi connectivity index (χ1v) is 3.30. The molecule has 0 N–H and O–H groups in total. The van der Waals surface area contributed by atoms with Gasteiger partial charge in [0.05, 0.1) is 0 Å². The lowest BCUT2D eigenvalue weighted by atomic mass is 10.2. The van der Waals surface area contributed by atoms with Gasteiger partial charge in [0.15, 0.2) is 0 Å². The molecule has 0 saturated carbocycles. The Morgan fingerprint density at radius 3 is 1.90 bits per heavy atom. The maximum absolute atomic E-state index is 8.57. The van der Waals surface area contributed by atoms with Gasteiger partial charge < -0.3 is 0 Å². The molecule has 54 valence electrons. The summed E-state index contributed by atoms with van der Waals surface area (Å²) in [7, 11) is 0. The van der Waals surface area contributed by atoms with Crippen LogP contribution < -0.4 is 0 Å². The number of carbonyl (C=O) groups excluding carboxylic acids is 1. The standard InChI is InChI=1S/C7H8.CHClO/c1-7-5-3-2-4-6-7;2-1-3/h2-6H,1H3;1H. The lowest BCUT2D eigenvalue weighted by Crippen LogP contribution is -1.62. The average Bonchev–Trinajstić information content (AvgIpc) is 1.91. The van der Waals surface area contributed by atoms with Crippen LogP contribution in [0.1, 0.15) is 5.56 Å². The molecule has 0 bridgehead atoms. The van der Waals surface area contributed by atoms with E-state index in [1.807, 2.05) is 18.2 Å². The van der Waals surface area contributed by atoms with E-state index in [4.69, 9.17) is 4.79 Å². The van der Waals surface area contributed by atoms with E-state index in [1.54, 1.807) is 0 Å². The summed E-state index contributed by atoms with van der Waals surface area (Å²) >= 11 is 4.32. The summed E-state index contributed by atoms with van der Waals surface area (Å²) in [5.74, 6) is 0.222. The van der Waals surface area contributed by atoms with Crippen molar-refractivity contribution in [2.75, 3.05) is 0 Å². The molecular weight excluding hydrogens is 148 g/mol. The Labute approximate surface area is 65.6 Å². The highest BCUT2D eigenvalue weighted by atomic mass is 35.5. The molecular formula is C8H9ClO. The van der Waals surface area contributed by atoms with Crippen LogP contribution in [0.25, 0.3) is 0 Å². The van der Waals surface area contributed by atoms with E-state index < -0.39 is 0 Å². The molecule has 0 aliphatic heterocycles. The second-order valence-corrected chi connectivity index (χ2v) is 1.92. The molecule has 0 aliphatic carbocycles. The van der Waals surface area contributed by atoms with E-state index in [9.17, 15) is 0 Å². The smallest absolute Gasteiger partial charge is 0.208 e. The highest BCUT2D eigenvalue weighted by molar-refractivity contribution is 6.54. The summed E-state index contributed by atoms with van der Waals surface area (Å²) in [5.41, 5.74) is 1.32. The molecule has 0 spiro atoms. The molecule has 1 nitrogen and oxygen atoms in total. The molecule has 0 amide bonds. The molecule has 0 saturated heterocycles. The van der Waals surface area contributed by atoms with Crippen LogP contribution in [0.3, 0.4) is 0 Å². The van der Waals surface area contributed by atoms with Gasteiger partial charge in [-0.15, -0.1) is 0 Å². The lowest BCUT2D eigenvalue weighted by molar-refractivity contribution is 0.569. The number of aryl methyl sites for hydroxylation is 1. The molecule has 1 aromatic carbocycles. The zero-order valence-corrected chi connectivity index (χ0v) is 6.51. The first kappa shape index (κ1) is 9.18. The monoisotopic (exact) mass is 156 g/mol. The van der Waals surface area contributed by atoms with Crippen molar-refractivity contribution in [3.63, 3.8) is 0 Å². The molecule has 2 heteroatoms. The molecule has 1 aromatic rings. The van der Waals surface area contributed by atoms with E-state index in [0.717, 1.165) is 0 Å². The normalized spacial score (nSPS) is 7.40. The van der Waals surface area contributed by atoms with Crippen molar-refractivity contribution in [1.82, 2.24) is 0 Å². The van der Waals surface area contributed by atoms with Crippen molar-refractivity contribution in [1.29, 1.82) is 0 Å². The third-order valence-corrected chi connectivity index (χ3v) is 0.940. The average molecular weight is 157 g/mol. The third-order valence-electron chi connectivity index (χ3n) is 0.940. The number of benzene rings is 1. The predicted molar refractivity (Wildman–Crippen MR) is 43.8 cm³/mol. The van der Waals surface area contributed by atoms with Gasteiger partial charge in [-0.05, 0) is 18.5 Å². The van der Waals surface area contributed by atoms with Crippen molar-refractivity contribution < 1.29 is 4.79 Å². The molecule has 10 heavy (non-hydrogen) atoms. The van der Waals surface area contributed by atoms with Crippen molar-refractivity contribution in [3.05, 3.63) is 35.9 Å². The molecule has 0 fully saturated rings. The van der Waals surface area contributed by atoms with Crippen molar-refractivity contribution >= 4 is 17.3 Å². The SMILES string of the molecule is Cc1ccccc1.O=CCl. The summed E-state index contributed by atoms with van der Waals surface area (Å²) in [6.07, 6.45) is 0. The fourth-order valence-corrected chi connectivity index (χ4v) is 0.534. The second-order valence-electron chi connectivity index (χ2n) is 1.74. The minimum Gasteiger partial charge on any atom is -0.285 e. The van der Waals surface area contributed by atoms with Gasteiger partial charge in [-0.1, -0.05) is 35.9 Å². The van der Waals surface area contributed by atoms with E-state index >= 15 is 0 Å². The number of carbonyl (C=O) groups is 1. The summed E-state index contributed by atoms with van der Waals surface area (Å²) in [4.78, 5) is 8.57. The van der Waals surface area contributed by atoms with Crippen LogP contribution in [-0.2, 0) is 4.79 Å². The molecule has 1 rings (SSSR count). The van der Waals surface area contributed by atoms with Crippen LogP contribution >= 0.6 is 11.6 Å². The number of halogens is 1. The quantitative estimate of drug-likeness (QED) is 0.417. The largest absolute Gasteiger partial charge is 0.285 e. The van der Waals surface area contributed by atoms with Crippen LogP contribution in [0.2, 0.25) is 0 Å². The Bertz CT molecular complexity index is 172. The van der Waals surface area contributed by atoms with Crippen molar-refractivity contribution in [2.45, 2.75) is 6.92 Å². The molecule has 0 aromatic heterocycles. The number of hydrogen-bond acceptors (Lipinski definition) is 1. The Balaban J connectivity index is 0.000000236. The van der Waals surface area contributed by atoms with Crippen LogP contribution in [0, 0.1) is 6.92 Å². The minimum absolute atomic E-state index is 0.222. The fourth-order valence-electron chi connectivity index (χ4n) is 0.534. The Morgan fingerprint density at radius 2 is 1.70 bits per heavy atom. The van der Waals surface area contributed by atoms with Crippen LogP contribution in [0.4, 0.5) is 0 Å². The second kappa shape index (κ2) is 6.30. The van der Waals surface area contributed by atoms with E-state index in [1.165, 1.54) is 5.56 Å². The predicted octanol–water partition coefficient (Wildman–Crippen LogP) is 2.41. The highest BCUT2D eigenvalue weighted by Gasteiger charge is 1.72. The van der Waals surface area contributed by atoms with E-state index in [2.05, 4.69) is 30.7 Å². The van der Waals surface area contributed by atoms with Gasteiger partial charge in [-0.25, -0.2) is 0 Å². The van der Waals surface area contributed by atoms with E-state index in [0.29, 0.717) is 0 Å². The Kier molecular flexibility index (Phi) is 5.79. The third kappa shape index (κ3) is 5.32. The lowest BCUT2D eigenvalue weighted by Gasteiger charge is -1.82. The van der Waals surface area contributed by atoms with Gasteiger partial charge >= 0.3 is 0 Å². The molecule has 0 aliphatic rings. The van der Waals surface area contributed by atoms with E-state index in [-0.39, 0.29) is 5.75 Å². The van der Waals surface area contributed by atoms with Gasteiger partial charge in [-0.3, -0.25) is 4.79 Å². The molecule has 0 radical (unpaired) electrons. The van der Waals surface area contributed by atoms with Gasteiger partial charge in [0, 0.05) is 0 Å². The van der Waals surface area contributed by atoms with Crippen molar-refractivity contribution in [3.8, 4) is 0 Å². The van der Waals surface area contributed by atoms with Crippen LogP contribution in [0.5, 0.6) is 0 Å². The number of hydrogen-bond donors (Lipinski definition) is 0.